The lowest BCUT2D eigenvalue weighted by Gasteiger charge is -2.43. The van der Waals surface area contributed by atoms with Crippen molar-refractivity contribution in [3.63, 3.8) is 0 Å². The number of amides is 3. The summed E-state index contributed by atoms with van der Waals surface area (Å²) >= 11 is 6.48. The second-order valence-corrected chi connectivity index (χ2v) is 20.3. The van der Waals surface area contributed by atoms with Crippen LogP contribution in [0.25, 0.3) is 0 Å². The highest BCUT2D eigenvalue weighted by atomic mass is 35.5. The van der Waals surface area contributed by atoms with Gasteiger partial charge < -0.3 is 34.5 Å². The maximum Gasteiger partial charge on any atom is 0.255 e. The number of piperazine rings is 1. The van der Waals surface area contributed by atoms with Gasteiger partial charge in [-0.05, 0) is 69.0 Å². The molecule has 0 saturated carbocycles. The largest absolute Gasteiger partial charge is 0.494 e. The van der Waals surface area contributed by atoms with E-state index < -0.39 is 30.8 Å². The van der Waals surface area contributed by atoms with Gasteiger partial charge in [0.25, 0.3) is 5.91 Å². The lowest BCUT2D eigenvalue weighted by molar-refractivity contribution is -0.136. The summed E-state index contributed by atoms with van der Waals surface area (Å²) in [6, 6.07) is 15.7. The van der Waals surface area contributed by atoms with Crippen LogP contribution in [0.2, 0.25) is 5.02 Å². The molecule has 4 aliphatic heterocycles. The molecule has 3 fully saturated rings. The van der Waals surface area contributed by atoms with Gasteiger partial charge >= 0.3 is 0 Å². The van der Waals surface area contributed by atoms with Gasteiger partial charge in [0.2, 0.25) is 17.8 Å². The third kappa shape index (κ3) is 10.4. The number of anilines is 5. The summed E-state index contributed by atoms with van der Waals surface area (Å²) in [6.07, 6.45) is 4.02. The first kappa shape index (κ1) is 45.0. The number of methoxy groups -OCH3 is 1. The molecule has 4 aliphatic rings. The number of ether oxygens (including phenoxy) is 2. The molecule has 0 radical (unpaired) electrons. The van der Waals surface area contributed by atoms with E-state index in [1.807, 2.05) is 36.4 Å². The second-order valence-electron chi connectivity index (χ2n) is 16.7. The van der Waals surface area contributed by atoms with E-state index in [0.717, 1.165) is 64.3 Å². The monoisotopic (exact) mass is 911 g/mol. The topological polar surface area (TPSA) is 162 Å². The smallest absolute Gasteiger partial charge is 0.255 e. The van der Waals surface area contributed by atoms with Crippen LogP contribution in [0.15, 0.2) is 60.8 Å². The number of aromatic nitrogens is 2. The molecule has 3 aromatic carbocycles. The van der Waals surface area contributed by atoms with Gasteiger partial charge in [-0.1, -0.05) is 35.6 Å². The summed E-state index contributed by atoms with van der Waals surface area (Å²) in [4.78, 5) is 54.9. The standard InChI is InChI=1S/C46H52ClFN9O6P/c1-62-40-27-33(10-11-37(40)51-46-49-28-36(47)43(53-46)50-38-8-4-5-9-41(38)64(2,3)61)55-16-14-32(15-17-55)56-20-18-54(19-21-56)22-24-63-23-6-7-30-25-31(48)26-34-35(30)29-57(45(34)60)39-12-13-42(58)52-44(39)59/h4-5,8-11,25-28,32,39H,12-24,29H2,1-3H3,(H,52,58,59)(H2,49,50,51,53). The third-order valence-corrected chi connectivity index (χ3v) is 14.1. The molecule has 15 nitrogen and oxygen atoms in total. The molecule has 336 valence electrons. The molecule has 64 heavy (non-hydrogen) atoms. The van der Waals surface area contributed by atoms with Crippen molar-refractivity contribution in [3.05, 3.63) is 88.3 Å². The molecule has 0 aliphatic carbocycles. The van der Waals surface area contributed by atoms with Crippen molar-refractivity contribution in [2.75, 3.05) is 95.0 Å². The molecule has 8 rings (SSSR count). The van der Waals surface area contributed by atoms with Crippen LogP contribution in [0.4, 0.5) is 33.2 Å². The normalized spacial score (nSPS) is 18.6. The maximum atomic E-state index is 14.5. The Morgan fingerprint density at radius 2 is 1.75 bits per heavy atom. The molecule has 1 unspecified atom stereocenters. The predicted molar refractivity (Wildman–Crippen MR) is 246 cm³/mol. The molecular weight excluding hydrogens is 860 g/mol. The van der Waals surface area contributed by atoms with Gasteiger partial charge in [0.05, 0.1) is 31.3 Å². The van der Waals surface area contributed by atoms with Crippen LogP contribution in [-0.4, -0.2) is 134 Å². The number of carbonyl (C=O) groups is 3. The molecule has 1 aromatic heterocycles. The van der Waals surface area contributed by atoms with Crippen LogP contribution in [0.5, 0.6) is 5.75 Å². The average Bonchev–Trinajstić information content (AvgIpc) is 3.61. The van der Waals surface area contributed by atoms with Crippen molar-refractivity contribution in [2.24, 2.45) is 0 Å². The highest BCUT2D eigenvalue weighted by molar-refractivity contribution is 7.70. The number of rotatable bonds is 13. The Labute approximate surface area is 377 Å². The van der Waals surface area contributed by atoms with Crippen LogP contribution in [0.1, 0.15) is 47.2 Å². The van der Waals surface area contributed by atoms with E-state index in [9.17, 15) is 23.3 Å². The second kappa shape index (κ2) is 19.7. The Hall–Kier alpha value is -5.56. The minimum atomic E-state index is -2.56. The maximum absolute atomic E-state index is 14.5. The van der Waals surface area contributed by atoms with Gasteiger partial charge in [0.1, 0.15) is 36.4 Å². The fourth-order valence-electron chi connectivity index (χ4n) is 8.82. The molecule has 18 heteroatoms. The molecule has 3 saturated heterocycles. The van der Waals surface area contributed by atoms with Crippen molar-refractivity contribution in [1.82, 2.24) is 30.0 Å². The quantitative estimate of drug-likeness (QED) is 0.0675. The van der Waals surface area contributed by atoms with Crippen molar-refractivity contribution in [1.29, 1.82) is 0 Å². The highest BCUT2D eigenvalue weighted by Gasteiger charge is 2.40. The Morgan fingerprint density at radius 1 is 0.969 bits per heavy atom. The van der Waals surface area contributed by atoms with Crippen molar-refractivity contribution >= 4 is 70.6 Å². The average molecular weight is 912 g/mol. The zero-order valence-electron chi connectivity index (χ0n) is 36.2. The first-order valence-corrected chi connectivity index (χ1v) is 24.5. The van der Waals surface area contributed by atoms with Gasteiger partial charge in [-0.15, -0.1) is 0 Å². The number of carbonyl (C=O) groups excluding carboxylic acids is 3. The third-order valence-electron chi connectivity index (χ3n) is 12.2. The zero-order chi connectivity index (χ0) is 45.0. The fourth-order valence-corrected chi connectivity index (χ4v) is 10.1. The lowest BCUT2D eigenvalue weighted by atomic mass is 10.0. The van der Waals surface area contributed by atoms with E-state index in [-0.39, 0.29) is 37.5 Å². The minimum Gasteiger partial charge on any atom is -0.494 e. The van der Waals surface area contributed by atoms with Gasteiger partial charge in [0, 0.05) is 98.6 Å². The molecule has 3 amide bonds. The number of benzene rings is 3. The number of para-hydroxylation sites is 1. The number of fused-ring (bicyclic) bond motifs is 1. The molecule has 4 aromatic rings. The van der Waals surface area contributed by atoms with Crippen molar-refractivity contribution in [3.8, 4) is 17.6 Å². The van der Waals surface area contributed by atoms with E-state index in [0.29, 0.717) is 63.0 Å². The van der Waals surface area contributed by atoms with Crippen molar-refractivity contribution in [2.45, 2.75) is 44.3 Å². The van der Waals surface area contributed by atoms with Gasteiger partial charge in [-0.25, -0.2) is 9.37 Å². The number of hydrogen-bond donors (Lipinski definition) is 3. The summed E-state index contributed by atoms with van der Waals surface area (Å²) in [6.45, 7) is 10.8. The van der Waals surface area contributed by atoms with Gasteiger partial charge in [-0.3, -0.25) is 29.5 Å². The minimum absolute atomic E-state index is 0.129. The number of hydrogen-bond acceptors (Lipinski definition) is 13. The Kier molecular flexibility index (Phi) is 13.8. The summed E-state index contributed by atoms with van der Waals surface area (Å²) in [5, 5.41) is 9.84. The predicted octanol–water partition coefficient (Wildman–Crippen LogP) is 5.43. The van der Waals surface area contributed by atoms with Crippen LogP contribution >= 0.6 is 18.7 Å². The summed E-state index contributed by atoms with van der Waals surface area (Å²) < 4.78 is 39.1. The van der Waals surface area contributed by atoms with Crippen LogP contribution in [-0.2, 0) is 25.4 Å². The first-order valence-electron chi connectivity index (χ1n) is 21.5. The van der Waals surface area contributed by atoms with Crippen LogP contribution in [0, 0.1) is 17.7 Å². The zero-order valence-corrected chi connectivity index (χ0v) is 37.8. The molecule has 3 N–H and O–H groups in total. The van der Waals surface area contributed by atoms with E-state index >= 15 is 0 Å². The Balaban J connectivity index is 0.770. The van der Waals surface area contributed by atoms with Gasteiger partial charge in [0.15, 0.2) is 5.82 Å². The molecule has 1 atom stereocenters. The summed E-state index contributed by atoms with van der Waals surface area (Å²) in [5.74, 6) is 5.45. The van der Waals surface area contributed by atoms with E-state index in [1.165, 1.54) is 23.2 Å². The molecule has 5 heterocycles. The highest BCUT2D eigenvalue weighted by Crippen LogP contribution is 2.39. The van der Waals surface area contributed by atoms with E-state index in [1.54, 1.807) is 20.4 Å². The molecule has 0 spiro atoms. The van der Waals surface area contributed by atoms with E-state index in [4.69, 9.17) is 21.1 Å². The SMILES string of the molecule is COc1cc(N2CCC(N3CCN(CCOCC#Cc4cc(F)cc5c4CN(C4CCC(=O)NC4=O)C5=O)CC3)CC2)ccc1Nc1ncc(Cl)c(Nc2ccccc2P(C)(C)=O)n1. The first-order chi connectivity index (χ1) is 30.8. The molecular formula is C46H52ClFN9O6P. The summed E-state index contributed by atoms with van der Waals surface area (Å²) in [5.41, 5.74) is 3.65. The Morgan fingerprint density at radius 3 is 2.50 bits per heavy atom. The van der Waals surface area contributed by atoms with Crippen LogP contribution in [0.3, 0.4) is 0 Å². The number of halogens is 2. The van der Waals surface area contributed by atoms with Gasteiger partial charge in [-0.2, -0.15) is 4.98 Å². The number of nitrogens with one attached hydrogen (secondary N) is 3. The number of piperidine rings is 2. The fraction of sp³-hybridized carbons (Fsp3) is 0.413. The number of nitrogens with zero attached hydrogens (tertiary/aromatic N) is 6. The van der Waals surface area contributed by atoms with Crippen molar-refractivity contribution < 1.29 is 32.8 Å². The number of imide groups is 1. The lowest BCUT2D eigenvalue weighted by Crippen LogP contribution is -2.53. The van der Waals surface area contributed by atoms with Crippen LogP contribution < -0.4 is 30.9 Å². The molecule has 0 bridgehead atoms. The van der Waals surface area contributed by atoms with E-state index in [2.05, 4.69) is 58.5 Å². The summed E-state index contributed by atoms with van der Waals surface area (Å²) in [7, 11) is -0.914. The Bertz CT molecular complexity index is 2530.